The quantitative estimate of drug-likeness (QED) is 0.692. The lowest BCUT2D eigenvalue weighted by Gasteiger charge is -2.18. The van der Waals surface area contributed by atoms with Gasteiger partial charge in [-0.25, -0.2) is 4.79 Å². The molecule has 1 atom stereocenters. The fraction of sp³-hybridized carbons (Fsp3) is 0.333. The van der Waals surface area contributed by atoms with Gasteiger partial charge >= 0.3 is 5.76 Å². The fourth-order valence-electron chi connectivity index (χ4n) is 3.21. The van der Waals surface area contributed by atoms with Crippen molar-refractivity contribution < 1.29 is 13.9 Å². The Kier molecular flexibility index (Phi) is 5.64. The van der Waals surface area contributed by atoms with E-state index in [2.05, 4.69) is 5.32 Å². The van der Waals surface area contributed by atoms with Crippen LogP contribution in [0.2, 0.25) is 0 Å². The first-order valence-corrected chi connectivity index (χ1v) is 9.02. The number of rotatable bonds is 7. The van der Waals surface area contributed by atoms with Gasteiger partial charge in [0.15, 0.2) is 5.58 Å². The van der Waals surface area contributed by atoms with Gasteiger partial charge in [0.1, 0.15) is 5.75 Å². The van der Waals surface area contributed by atoms with Crippen LogP contribution in [0.15, 0.2) is 51.7 Å². The predicted octanol–water partition coefficient (Wildman–Crippen LogP) is 3.57. The van der Waals surface area contributed by atoms with Crippen LogP contribution in [0, 0.1) is 6.92 Å². The lowest BCUT2D eigenvalue weighted by atomic mass is 10.0. The maximum absolute atomic E-state index is 12.3. The molecule has 1 amide bonds. The van der Waals surface area contributed by atoms with Crippen molar-refractivity contribution in [2.75, 3.05) is 7.11 Å². The standard InChI is InChI=1S/C21H24N2O4/c1-14-10-11-18(26-3)16(13-14)15(2)22-20(24)9-6-12-23-17-7-4-5-8-19(17)27-21(23)25/h4-5,7-8,10-11,13,15H,6,9,12H2,1-3H3,(H,22,24)/t15-/m1/s1. The summed E-state index contributed by atoms with van der Waals surface area (Å²) >= 11 is 0. The molecule has 1 N–H and O–H groups in total. The van der Waals surface area contributed by atoms with Gasteiger partial charge in [0.05, 0.1) is 18.7 Å². The summed E-state index contributed by atoms with van der Waals surface area (Å²) in [5, 5.41) is 3.00. The SMILES string of the molecule is COc1ccc(C)cc1[C@@H](C)NC(=O)CCCn1c(=O)oc2ccccc21. The Morgan fingerprint density at radius 1 is 1.26 bits per heavy atom. The number of aryl methyl sites for hydroxylation is 2. The highest BCUT2D eigenvalue weighted by atomic mass is 16.5. The largest absolute Gasteiger partial charge is 0.496 e. The summed E-state index contributed by atoms with van der Waals surface area (Å²) < 4.78 is 12.2. The average molecular weight is 368 g/mol. The molecule has 0 fully saturated rings. The first-order chi connectivity index (χ1) is 13.0. The molecule has 0 aliphatic carbocycles. The summed E-state index contributed by atoms with van der Waals surface area (Å²) in [6, 6.07) is 13.0. The van der Waals surface area contributed by atoms with Crippen LogP contribution in [0.1, 0.15) is 36.9 Å². The van der Waals surface area contributed by atoms with Crippen LogP contribution in [0.4, 0.5) is 0 Å². The zero-order valence-corrected chi connectivity index (χ0v) is 15.8. The predicted molar refractivity (Wildman–Crippen MR) is 104 cm³/mol. The summed E-state index contributed by atoms with van der Waals surface area (Å²) in [5.74, 6) is 0.297. The van der Waals surface area contributed by atoms with Crippen molar-refractivity contribution >= 4 is 17.0 Å². The van der Waals surface area contributed by atoms with Crippen molar-refractivity contribution in [1.82, 2.24) is 9.88 Å². The minimum Gasteiger partial charge on any atom is -0.496 e. The van der Waals surface area contributed by atoms with E-state index in [-0.39, 0.29) is 11.9 Å². The van der Waals surface area contributed by atoms with Crippen LogP contribution in [0.3, 0.4) is 0 Å². The molecule has 0 bridgehead atoms. The molecule has 6 heteroatoms. The third kappa shape index (κ3) is 4.22. The smallest absolute Gasteiger partial charge is 0.419 e. The van der Waals surface area contributed by atoms with Crippen LogP contribution in [0.5, 0.6) is 5.75 Å². The number of aromatic nitrogens is 1. The maximum atomic E-state index is 12.3. The maximum Gasteiger partial charge on any atom is 0.419 e. The molecule has 3 rings (SSSR count). The molecule has 27 heavy (non-hydrogen) atoms. The minimum absolute atomic E-state index is 0.0630. The molecule has 6 nitrogen and oxygen atoms in total. The number of oxazole rings is 1. The van der Waals surface area contributed by atoms with Gasteiger partial charge in [-0.3, -0.25) is 9.36 Å². The van der Waals surface area contributed by atoms with Gasteiger partial charge in [0, 0.05) is 18.5 Å². The van der Waals surface area contributed by atoms with Crippen molar-refractivity contribution in [2.24, 2.45) is 0 Å². The molecule has 142 valence electrons. The summed E-state index contributed by atoms with van der Waals surface area (Å²) in [6.07, 6.45) is 0.872. The Labute approximate surface area is 157 Å². The van der Waals surface area contributed by atoms with Gasteiger partial charge in [-0.2, -0.15) is 0 Å². The second-order valence-corrected chi connectivity index (χ2v) is 6.63. The Hall–Kier alpha value is -3.02. The number of ether oxygens (including phenoxy) is 1. The first-order valence-electron chi connectivity index (χ1n) is 9.02. The highest BCUT2D eigenvalue weighted by molar-refractivity contribution is 5.76. The first kappa shape index (κ1) is 18.8. The average Bonchev–Trinajstić information content (AvgIpc) is 2.97. The lowest BCUT2D eigenvalue weighted by molar-refractivity contribution is -0.121. The van der Waals surface area contributed by atoms with Crippen molar-refractivity contribution in [3.63, 3.8) is 0 Å². The van der Waals surface area contributed by atoms with Crippen molar-refractivity contribution in [3.05, 3.63) is 64.1 Å². The third-order valence-corrected chi connectivity index (χ3v) is 4.59. The molecule has 0 spiro atoms. The number of amides is 1. The topological polar surface area (TPSA) is 73.5 Å². The van der Waals surface area contributed by atoms with Gasteiger partial charge < -0.3 is 14.5 Å². The van der Waals surface area contributed by atoms with E-state index in [1.165, 1.54) is 0 Å². The molecule has 0 saturated heterocycles. The van der Waals surface area contributed by atoms with Crippen LogP contribution in [-0.2, 0) is 11.3 Å². The number of hydrogen-bond acceptors (Lipinski definition) is 4. The van der Waals surface area contributed by atoms with E-state index in [1.54, 1.807) is 17.7 Å². The number of hydrogen-bond donors (Lipinski definition) is 1. The van der Waals surface area contributed by atoms with Gasteiger partial charge in [-0.05, 0) is 38.5 Å². The van der Waals surface area contributed by atoms with Gasteiger partial charge in [-0.15, -0.1) is 0 Å². The number of benzene rings is 2. The molecule has 1 heterocycles. The van der Waals surface area contributed by atoms with Gasteiger partial charge in [0.25, 0.3) is 0 Å². The van der Waals surface area contributed by atoms with Crippen molar-refractivity contribution in [2.45, 2.75) is 39.3 Å². The molecule has 1 aromatic heterocycles. The Bertz CT molecular complexity index is 1000. The van der Waals surface area contributed by atoms with E-state index in [9.17, 15) is 9.59 Å². The van der Waals surface area contributed by atoms with Crippen LogP contribution >= 0.6 is 0 Å². The molecule has 0 aliphatic rings. The van der Waals surface area contributed by atoms with E-state index >= 15 is 0 Å². The van der Waals surface area contributed by atoms with Gasteiger partial charge in [0.2, 0.25) is 5.91 Å². The number of fused-ring (bicyclic) bond motifs is 1. The molecular formula is C21H24N2O4. The molecule has 0 aliphatic heterocycles. The molecule has 3 aromatic rings. The van der Waals surface area contributed by atoms with E-state index in [0.717, 1.165) is 22.4 Å². The number of carbonyl (C=O) groups excluding carboxylic acids is 1. The summed E-state index contributed by atoms with van der Waals surface area (Å²) in [4.78, 5) is 24.3. The third-order valence-electron chi connectivity index (χ3n) is 4.59. The second kappa shape index (κ2) is 8.12. The zero-order valence-electron chi connectivity index (χ0n) is 15.8. The monoisotopic (exact) mass is 368 g/mol. The number of nitrogens with zero attached hydrogens (tertiary/aromatic N) is 1. The number of carbonyl (C=O) groups is 1. The van der Waals surface area contributed by atoms with E-state index in [4.69, 9.17) is 9.15 Å². The minimum atomic E-state index is -0.394. The summed E-state index contributed by atoms with van der Waals surface area (Å²) in [5.41, 5.74) is 3.37. The van der Waals surface area contributed by atoms with Crippen LogP contribution in [-0.4, -0.2) is 17.6 Å². The zero-order chi connectivity index (χ0) is 19.4. The number of nitrogens with one attached hydrogen (secondary N) is 1. The molecule has 0 saturated carbocycles. The van der Waals surface area contributed by atoms with E-state index in [1.807, 2.05) is 50.2 Å². The Morgan fingerprint density at radius 2 is 2.04 bits per heavy atom. The van der Waals surface area contributed by atoms with Gasteiger partial charge in [-0.1, -0.05) is 29.8 Å². The van der Waals surface area contributed by atoms with Crippen molar-refractivity contribution in [3.8, 4) is 5.75 Å². The number of para-hydroxylation sites is 2. The van der Waals surface area contributed by atoms with Crippen LogP contribution in [0.25, 0.3) is 11.1 Å². The molecule has 2 aromatic carbocycles. The Balaban J connectivity index is 1.59. The van der Waals surface area contributed by atoms with Crippen molar-refractivity contribution in [1.29, 1.82) is 0 Å². The molecular weight excluding hydrogens is 344 g/mol. The Morgan fingerprint density at radius 3 is 2.81 bits per heavy atom. The highest BCUT2D eigenvalue weighted by Gasteiger charge is 2.15. The highest BCUT2D eigenvalue weighted by Crippen LogP contribution is 2.26. The molecule has 0 radical (unpaired) electrons. The van der Waals surface area contributed by atoms with E-state index in [0.29, 0.717) is 25.0 Å². The lowest BCUT2D eigenvalue weighted by Crippen LogP contribution is -2.27. The summed E-state index contributed by atoms with van der Waals surface area (Å²) in [6.45, 7) is 4.37. The normalized spacial score (nSPS) is 12.1. The second-order valence-electron chi connectivity index (χ2n) is 6.63. The fourth-order valence-corrected chi connectivity index (χ4v) is 3.21. The molecule has 0 unspecified atom stereocenters. The van der Waals surface area contributed by atoms with E-state index < -0.39 is 5.76 Å². The summed E-state index contributed by atoms with van der Waals surface area (Å²) in [7, 11) is 1.62. The number of methoxy groups -OCH3 is 1. The van der Waals surface area contributed by atoms with Crippen LogP contribution < -0.4 is 15.8 Å².